The number of amides is 1. The fraction of sp³-hybridized carbons (Fsp3) is 0.983. The SMILES string of the molecule is CCCCCCCCCCCCCCCCCCCCCCCCCCCCCCCCC(O)C(O)C(COC1OC(CO)C(O)C(O)C1O)NC(=O)C(O)CCCCCCCCCCCCCC. The summed E-state index contributed by atoms with van der Waals surface area (Å²) < 4.78 is 11.1. The minimum absolute atomic E-state index is 0.266. The molecule has 1 saturated heterocycles. The Hall–Kier alpha value is -0.890. The predicted molar refractivity (Wildman–Crippen MR) is 284 cm³/mol. The summed E-state index contributed by atoms with van der Waals surface area (Å²) >= 11 is 0. The van der Waals surface area contributed by atoms with Crippen molar-refractivity contribution in [2.45, 2.75) is 351 Å². The third-order valence-electron chi connectivity index (χ3n) is 14.9. The average Bonchev–Trinajstić information content (AvgIpc) is 3.35. The third-order valence-corrected chi connectivity index (χ3v) is 14.9. The summed E-state index contributed by atoms with van der Waals surface area (Å²) in [6, 6.07) is -1.16. The molecule has 9 unspecified atom stereocenters. The van der Waals surface area contributed by atoms with Gasteiger partial charge in [0.25, 0.3) is 0 Å². The lowest BCUT2D eigenvalue weighted by Crippen LogP contribution is -2.60. The van der Waals surface area contributed by atoms with E-state index in [0.717, 1.165) is 38.5 Å². The van der Waals surface area contributed by atoms with Crippen LogP contribution in [0.3, 0.4) is 0 Å². The maximum Gasteiger partial charge on any atom is 0.249 e. The van der Waals surface area contributed by atoms with Crippen LogP contribution < -0.4 is 5.32 Å². The van der Waals surface area contributed by atoms with Gasteiger partial charge in [0, 0.05) is 0 Å². The fourth-order valence-electron chi connectivity index (χ4n) is 10.0. The van der Waals surface area contributed by atoms with E-state index in [1.807, 2.05) is 0 Å². The molecule has 0 radical (unpaired) electrons. The Bertz CT molecular complexity index is 1090. The van der Waals surface area contributed by atoms with Crippen molar-refractivity contribution in [2.24, 2.45) is 0 Å². The van der Waals surface area contributed by atoms with Crippen molar-refractivity contribution in [3.05, 3.63) is 0 Å². The molecule has 0 aromatic heterocycles. The van der Waals surface area contributed by atoms with Crippen LogP contribution in [0, 0.1) is 0 Å². The summed E-state index contributed by atoms with van der Waals surface area (Å²) in [5, 5.41) is 76.0. The van der Waals surface area contributed by atoms with Crippen molar-refractivity contribution in [3.63, 3.8) is 0 Å². The fourth-order valence-corrected chi connectivity index (χ4v) is 10.0. The van der Waals surface area contributed by atoms with E-state index in [2.05, 4.69) is 19.2 Å². The molecule has 0 bridgehead atoms. The summed E-state index contributed by atoms with van der Waals surface area (Å²) in [6.07, 6.45) is 43.2. The van der Waals surface area contributed by atoms with E-state index in [9.17, 15) is 40.5 Å². The highest BCUT2D eigenvalue weighted by atomic mass is 16.7. The molecule has 1 fully saturated rings. The van der Waals surface area contributed by atoms with Crippen molar-refractivity contribution in [1.82, 2.24) is 5.32 Å². The molecule has 0 aromatic carbocycles. The van der Waals surface area contributed by atoms with Crippen LogP contribution in [0.4, 0.5) is 0 Å². The Labute approximate surface area is 424 Å². The molecule has 69 heavy (non-hydrogen) atoms. The summed E-state index contributed by atoms with van der Waals surface area (Å²) in [4.78, 5) is 13.1. The number of carbonyl (C=O) groups excluding carboxylic acids is 1. The number of aliphatic hydroxyl groups excluding tert-OH is 7. The van der Waals surface area contributed by atoms with Gasteiger partial charge in [-0.2, -0.15) is 0 Å². The van der Waals surface area contributed by atoms with Gasteiger partial charge in [0.05, 0.1) is 25.4 Å². The highest BCUT2D eigenvalue weighted by Crippen LogP contribution is 2.24. The second kappa shape index (κ2) is 48.1. The minimum atomic E-state index is -1.66. The van der Waals surface area contributed by atoms with E-state index in [0.29, 0.717) is 19.3 Å². The number of ether oxygens (including phenoxy) is 2. The van der Waals surface area contributed by atoms with Gasteiger partial charge in [0.2, 0.25) is 5.91 Å². The van der Waals surface area contributed by atoms with E-state index < -0.39 is 74.2 Å². The van der Waals surface area contributed by atoms with Gasteiger partial charge in [-0.3, -0.25) is 4.79 Å². The predicted octanol–water partition coefficient (Wildman–Crippen LogP) is 12.6. The largest absolute Gasteiger partial charge is 0.394 e. The average molecular weight is 987 g/mol. The second-order valence-electron chi connectivity index (χ2n) is 21.4. The molecule has 1 aliphatic heterocycles. The summed E-state index contributed by atoms with van der Waals surface area (Å²) in [5.74, 6) is -0.692. The Morgan fingerprint density at radius 1 is 0.449 bits per heavy atom. The lowest BCUT2D eigenvalue weighted by atomic mass is 9.98. The zero-order chi connectivity index (χ0) is 50.4. The van der Waals surface area contributed by atoms with Gasteiger partial charge in [-0.05, 0) is 12.8 Å². The van der Waals surface area contributed by atoms with Crippen molar-refractivity contribution in [1.29, 1.82) is 0 Å². The molecule has 1 amide bonds. The van der Waals surface area contributed by atoms with Crippen LogP contribution in [0.25, 0.3) is 0 Å². The highest BCUT2D eigenvalue weighted by Gasteiger charge is 2.44. The lowest BCUT2D eigenvalue weighted by Gasteiger charge is -2.40. The molecule has 1 heterocycles. The number of carbonyl (C=O) groups is 1. The van der Waals surface area contributed by atoms with Crippen molar-refractivity contribution in [2.75, 3.05) is 13.2 Å². The molecule has 0 spiro atoms. The molecule has 0 aromatic rings. The van der Waals surface area contributed by atoms with Crippen LogP contribution in [-0.4, -0.2) is 110 Å². The number of hydrogen-bond acceptors (Lipinski definition) is 10. The first-order valence-corrected chi connectivity index (χ1v) is 29.9. The molecule has 1 rings (SSSR count). The molecule has 11 heteroatoms. The van der Waals surface area contributed by atoms with Crippen LogP contribution in [0.1, 0.15) is 296 Å². The molecule has 0 aliphatic carbocycles. The van der Waals surface area contributed by atoms with Gasteiger partial charge in [-0.1, -0.05) is 284 Å². The monoisotopic (exact) mass is 986 g/mol. The smallest absolute Gasteiger partial charge is 0.249 e. The number of unbranched alkanes of at least 4 members (excludes halogenated alkanes) is 40. The van der Waals surface area contributed by atoms with Crippen LogP contribution >= 0.6 is 0 Å². The van der Waals surface area contributed by atoms with Gasteiger partial charge in [-0.15, -0.1) is 0 Å². The number of aliphatic hydroxyl groups is 7. The molecule has 11 nitrogen and oxygen atoms in total. The Morgan fingerprint density at radius 2 is 0.754 bits per heavy atom. The zero-order valence-corrected chi connectivity index (χ0v) is 45.1. The van der Waals surface area contributed by atoms with Gasteiger partial charge < -0.3 is 50.5 Å². The van der Waals surface area contributed by atoms with Gasteiger partial charge >= 0.3 is 0 Å². The summed E-state index contributed by atoms with van der Waals surface area (Å²) in [5.41, 5.74) is 0. The van der Waals surface area contributed by atoms with Gasteiger partial charge in [0.1, 0.15) is 36.6 Å². The van der Waals surface area contributed by atoms with E-state index in [-0.39, 0.29) is 6.42 Å². The standard InChI is InChI=1S/C58H115NO10/c1-3-5-7-9-11-13-15-17-18-19-20-21-22-23-24-25-26-27-28-29-30-31-32-33-34-36-37-39-41-43-45-50(61)53(63)49(48-68-58-56(66)55(65)54(64)52(47-60)69-58)59-57(67)51(62)46-44-42-40-38-35-16-14-12-10-8-6-4-2/h49-56,58,60-66H,3-48H2,1-2H3,(H,59,67). The lowest BCUT2D eigenvalue weighted by molar-refractivity contribution is -0.303. The number of nitrogens with one attached hydrogen (secondary N) is 1. The minimum Gasteiger partial charge on any atom is -0.394 e. The summed E-state index contributed by atoms with van der Waals surface area (Å²) in [6.45, 7) is 3.48. The molecule has 9 atom stereocenters. The molecule has 0 saturated carbocycles. The maximum atomic E-state index is 13.1. The van der Waals surface area contributed by atoms with Crippen LogP contribution in [0.2, 0.25) is 0 Å². The van der Waals surface area contributed by atoms with Gasteiger partial charge in [-0.25, -0.2) is 0 Å². The quantitative estimate of drug-likeness (QED) is 0.0272. The first-order valence-electron chi connectivity index (χ1n) is 29.9. The molecular formula is C58H115NO10. The number of rotatable bonds is 52. The maximum absolute atomic E-state index is 13.1. The van der Waals surface area contributed by atoms with Crippen LogP contribution in [-0.2, 0) is 14.3 Å². The van der Waals surface area contributed by atoms with E-state index >= 15 is 0 Å². The van der Waals surface area contributed by atoms with E-state index in [1.165, 1.54) is 218 Å². The highest BCUT2D eigenvalue weighted by molar-refractivity contribution is 5.80. The van der Waals surface area contributed by atoms with Crippen LogP contribution in [0.5, 0.6) is 0 Å². The first-order chi connectivity index (χ1) is 33.7. The number of hydrogen-bond donors (Lipinski definition) is 8. The van der Waals surface area contributed by atoms with Crippen LogP contribution in [0.15, 0.2) is 0 Å². The summed E-state index contributed by atoms with van der Waals surface area (Å²) in [7, 11) is 0. The molecule has 8 N–H and O–H groups in total. The topological polar surface area (TPSA) is 189 Å². The third kappa shape index (κ3) is 36.6. The van der Waals surface area contributed by atoms with Gasteiger partial charge in [0.15, 0.2) is 6.29 Å². The van der Waals surface area contributed by atoms with Crippen molar-refractivity contribution >= 4 is 5.91 Å². The Morgan fingerprint density at radius 3 is 1.07 bits per heavy atom. The van der Waals surface area contributed by atoms with Crippen molar-refractivity contribution in [3.8, 4) is 0 Å². The molecule has 1 aliphatic rings. The second-order valence-corrected chi connectivity index (χ2v) is 21.4. The zero-order valence-electron chi connectivity index (χ0n) is 45.1. The van der Waals surface area contributed by atoms with E-state index in [1.54, 1.807) is 0 Å². The van der Waals surface area contributed by atoms with Crippen molar-refractivity contribution < 1.29 is 50.0 Å². The Kier molecular flexibility index (Phi) is 46.1. The normalized spacial score (nSPS) is 20.3. The first kappa shape index (κ1) is 66.1. The van der Waals surface area contributed by atoms with E-state index in [4.69, 9.17) is 9.47 Å². The molecule has 412 valence electrons. The molecular weight excluding hydrogens is 871 g/mol. The Balaban J connectivity index is 2.19.